The normalized spacial score (nSPS) is 20.2. The highest BCUT2D eigenvalue weighted by Crippen LogP contribution is 2.67. The van der Waals surface area contributed by atoms with Gasteiger partial charge in [-0.05, 0) is 148 Å². The van der Waals surface area contributed by atoms with E-state index in [2.05, 4.69) is 244 Å². The first kappa shape index (κ1) is 37.5. The summed E-state index contributed by atoms with van der Waals surface area (Å²) in [4.78, 5) is 2.58. The summed E-state index contributed by atoms with van der Waals surface area (Å²) in [5, 5.41) is 0. The van der Waals surface area contributed by atoms with Gasteiger partial charge in [0.15, 0.2) is 0 Å². The first-order valence-electron chi connectivity index (χ1n) is 24.1. The van der Waals surface area contributed by atoms with Crippen LogP contribution in [0, 0.1) is 5.92 Å². The Morgan fingerprint density at radius 1 is 0.358 bits per heavy atom. The van der Waals surface area contributed by atoms with Crippen molar-refractivity contribution in [2.75, 3.05) is 4.90 Å². The molecule has 0 saturated heterocycles. The van der Waals surface area contributed by atoms with Crippen LogP contribution in [-0.2, 0) is 16.2 Å². The zero-order valence-electron chi connectivity index (χ0n) is 37.9. The molecular formula is C66H47N. The van der Waals surface area contributed by atoms with E-state index in [9.17, 15) is 0 Å². The third-order valence-corrected chi connectivity index (χ3v) is 17.0. The van der Waals surface area contributed by atoms with Crippen molar-refractivity contribution in [2.45, 2.75) is 42.9 Å². The molecule has 6 aliphatic rings. The molecule has 3 unspecified atom stereocenters. The number of hydrogen-bond donors (Lipinski definition) is 0. The third kappa shape index (κ3) is 4.46. The van der Waals surface area contributed by atoms with Gasteiger partial charge in [-0.2, -0.15) is 0 Å². The fourth-order valence-electron chi connectivity index (χ4n) is 14.4. The summed E-state index contributed by atoms with van der Waals surface area (Å²) >= 11 is 0. The molecule has 0 aromatic heterocycles. The van der Waals surface area contributed by atoms with E-state index in [0.717, 1.165) is 11.4 Å². The lowest BCUT2D eigenvalue weighted by atomic mass is 9.67. The van der Waals surface area contributed by atoms with Gasteiger partial charge in [-0.25, -0.2) is 0 Å². The summed E-state index contributed by atoms with van der Waals surface area (Å²) < 4.78 is 0. The van der Waals surface area contributed by atoms with Crippen molar-refractivity contribution in [3.8, 4) is 44.5 Å². The van der Waals surface area contributed by atoms with E-state index < -0.39 is 10.8 Å². The predicted octanol–water partition coefficient (Wildman–Crippen LogP) is 16.4. The topological polar surface area (TPSA) is 3.24 Å². The van der Waals surface area contributed by atoms with Crippen LogP contribution in [0.1, 0.15) is 82.3 Å². The number of fused-ring (bicyclic) bond motifs is 23. The van der Waals surface area contributed by atoms with Crippen LogP contribution in [-0.4, -0.2) is 0 Å². The van der Waals surface area contributed by atoms with Crippen LogP contribution in [0.25, 0.3) is 44.5 Å². The van der Waals surface area contributed by atoms with Gasteiger partial charge in [0.2, 0.25) is 0 Å². The second-order valence-corrected chi connectivity index (χ2v) is 20.3. The van der Waals surface area contributed by atoms with Crippen molar-refractivity contribution in [1.29, 1.82) is 0 Å². The van der Waals surface area contributed by atoms with E-state index in [4.69, 9.17) is 0 Å². The van der Waals surface area contributed by atoms with Crippen molar-refractivity contribution in [3.63, 3.8) is 0 Å². The summed E-state index contributed by atoms with van der Waals surface area (Å²) in [6.07, 6.45) is 7.18. The highest BCUT2D eigenvalue weighted by molar-refractivity contribution is 5.97. The minimum atomic E-state index is -0.452. The second kappa shape index (κ2) is 13.0. The summed E-state index contributed by atoms with van der Waals surface area (Å²) in [7, 11) is 0. The molecule has 0 saturated carbocycles. The SMILES string of the molecule is CC1C=CC=C2C1c1ccccc1C21c2ccccc2-c2ccc(N(c3ccc4c(c3)C(C)(C)c3ccccc3-4)c3ccc4c(c3)C3(c5ccccc5-c5ccccc53)c3ccccc3-4)cc21. The number of rotatable bonds is 3. The van der Waals surface area contributed by atoms with Gasteiger partial charge in [-0.3, -0.25) is 0 Å². The van der Waals surface area contributed by atoms with Crippen molar-refractivity contribution in [2.24, 2.45) is 5.92 Å². The van der Waals surface area contributed by atoms with E-state index in [1.54, 1.807) is 0 Å². The molecule has 0 radical (unpaired) electrons. The Labute approximate surface area is 393 Å². The summed E-state index contributed by atoms with van der Waals surface area (Å²) in [6, 6.07) is 77.0. The molecule has 9 aromatic rings. The molecule has 67 heavy (non-hydrogen) atoms. The molecular weight excluding hydrogens is 807 g/mol. The van der Waals surface area contributed by atoms with E-state index in [1.807, 2.05) is 0 Å². The lowest BCUT2D eigenvalue weighted by Gasteiger charge is -2.35. The van der Waals surface area contributed by atoms with E-state index in [1.165, 1.54) is 111 Å². The minimum Gasteiger partial charge on any atom is -0.310 e. The Kier molecular flexibility index (Phi) is 7.27. The largest absolute Gasteiger partial charge is 0.310 e. The van der Waals surface area contributed by atoms with Crippen molar-refractivity contribution in [1.82, 2.24) is 0 Å². The van der Waals surface area contributed by atoms with Gasteiger partial charge in [-0.1, -0.05) is 203 Å². The van der Waals surface area contributed by atoms with Crippen LogP contribution in [0.4, 0.5) is 17.1 Å². The maximum atomic E-state index is 2.58. The van der Waals surface area contributed by atoms with Gasteiger partial charge in [0.1, 0.15) is 0 Å². The van der Waals surface area contributed by atoms with E-state index >= 15 is 0 Å². The molecule has 0 N–H and O–H groups in total. The molecule has 1 heteroatoms. The van der Waals surface area contributed by atoms with Gasteiger partial charge in [-0.15, -0.1) is 0 Å². The summed E-state index contributed by atoms with van der Waals surface area (Å²) in [6.45, 7) is 7.20. The van der Waals surface area contributed by atoms with Crippen LogP contribution in [0.2, 0.25) is 0 Å². The number of anilines is 3. The Morgan fingerprint density at radius 3 is 1.25 bits per heavy atom. The molecule has 9 aromatic carbocycles. The third-order valence-electron chi connectivity index (χ3n) is 17.0. The van der Waals surface area contributed by atoms with Crippen LogP contribution in [0.5, 0.6) is 0 Å². The standard InChI is InChI=1S/C66H47N/c1-40-17-16-30-59-63(40)52-23-9-15-29-58(52)66(59)57-28-14-8-22-48(57)51-36-33-43(39-62(51)66)67(41-31-34-49-44-18-4-10-24-53(44)64(2,3)60(49)37-41)42-32-35-50-47-21-7-13-27-56(47)65(61(50)38-42)54-25-11-5-19-45(54)46-20-6-12-26-55(46)65/h4-40,63H,1-3H3. The smallest absolute Gasteiger partial charge is 0.0726 e. The molecule has 0 fully saturated rings. The van der Waals surface area contributed by atoms with Gasteiger partial charge in [0, 0.05) is 28.4 Å². The van der Waals surface area contributed by atoms with Gasteiger partial charge < -0.3 is 4.90 Å². The zero-order valence-corrected chi connectivity index (χ0v) is 37.9. The van der Waals surface area contributed by atoms with Gasteiger partial charge >= 0.3 is 0 Å². The van der Waals surface area contributed by atoms with E-state index in [-0.39, 0.29) is 5.41 Å². The lowest BCUT2D eigenvalue weighted by Crippen LogP contribution is -2.28. The number of nitrogens with zero attached hydrogens (tertiary/aromatic N) is 1. The number of hydrogen-bond acceptors (Lipinski definition) is 1. The molecule has 0 aliphatic heterocycles. The highest BCUT2D eigenvalue weighted by Gasteiger charge is 2.56. The van der Waals surface area contributed by atoms with Crippen molar-refractivity contribution < 1.29 is 0 Å². The first-order chi connectivity index (χ1) is 32.9. The average Bonchev–Trinajstić information content (AvgIpc) is 4.10. The Bertz CT molecular complexity index is 3660. The minimum absolute atomic E-state index is 0.154. The number of allylic oxidation sites excluding steroid dienone is 4. The fraction of sp³-hybridized carbons (Fsp3) is 0.121. The summed E-state index contributed by atoms with van der Waals surface area (Å²) in [5.41, 5.74) is 28.4. The van der Waals surface area contributed by atoms with Gasteiger partial charge in [0.05, 0.1) is 10.8 Å². The monoisotopic (exact) mass is 853 g/mol. The predicted molar refractivity (Wildman–Crippen MR) is 276 cm³/mol. The maximum absolute atomic E-state index is 2.58. The molecule has 6 aliphatic carbocycles. The molecule has 0 heterocycles. The molecule has 3 atom stereocenters. The summed E-state index contributed by atoms with van der Waals surface area (Å²) in [5.74, 6) is 0.705. The quantitative estimate of drug-likeness (QED) is 0.171. The molecule has 15 rings (SSSR count). The van der Waals surface area contributed by atoms with Crippen LogP contribution >= 0.6 is 0 Å². The van der Waals surface area contributed by atoms with E-state index in [0.29, 0.717) is 11.8 Å². The Balaban J connectivity index is 1.01. The molecule has 0 amide bonds. The highest BCUT2D eigenvalue weighted by atomic mass is 15.1. The fourth-order valence-corrected chi connectivity index (χ4v) is 14.4. The average molecular weight is 854 g/mol. The van der Waals surface area contributed by atoms with Crippen LogP contribution in [0.3, 0.4) is 0 Å². The van der Waals surface area contributed by atoms with Crippen LogP contribution in [0.15, 0.2) is 224 Å². The molecule has 2 spiro atoms. The molecule has 1 nitrogen and oxygen atoms in total. The van der Waals surface area contributed by atoms with Crippen LogP contribution < -0.4 is 4.90 Å². The second-order valence-electron chi connectivity index (χ2n) is 20.3. The maximum Gasteiger partial charge on any atom is 0.0726 e. The lowest BCUT2D eigenvalue weighted by molar-refractivity contribution is 0.588. The Morgan fingerprint density at radius 2 is 0.731 bits per heavy atom. The van der Waals surface area contributed by atoms with Crippen molar-refractivity contribution >= 4 is 17.1 Å². The molecule has 316 valence electrons. The molecule has 0 bridgehead atoms. The first-order valence-corrected chi connectivity index (χ1v) is 24.1. The Hall–Kier alpha value is -7.74. The zero-order chi connectivity index (χ0) is 44.4. The van der Waals surface area contributed by atoms with Crippen molar-refractivity contribution in [3.05, 3.63) is 280 Å². The van der Waals surface area contributed by atoms with Gasteiger partial charge in [0.25, 0.3) is 0 Å². The number of benzene rings is 9.